The van der Waals surface area contributed by atoms with E-state index in [0.29, 0.717) is 11.1 Å². The summed E-state index contributed by atoms with van der Waals surface area (Å²) >= 11 is 3.08. The Balaban J connectivity index is 1.34. The Morgan fingerprint density at radius 3 is 2.23 bits per heavy atom. The Hall–Kier alpha value is -5.67. The van der Waals surface area contributed by atoms with E-state index in [0.717, 1.165) is 23.3 Å². The second kappa shape index (κ2) is 16.2. The second-order valence-electron chi connectivity index (χ2n) is 10.4. The van der Waals surface area contributed by atoms with Crippen molar-refractivity contribution in [3.8, 4) is 11.1 Å². The average Bonchev–Trinajstić information content (AvgIpc) is 3.06. The number of anilines is 1. The Bertz CT molecular complexity index is 1880. The first-order valence-corrected chi connectivity index (χ1v) is 15.3. The van der Waals surface area contributed by atoms with Gasteiger partial charge in [-0.2, -0.15) is 0 Å². The third kappa shape index (κ3) is 9.43. The van der Waals surface area contributed by atoms with Crippen molar-refractivity contribution in [1.82, 2.24) is 5.32 Å². The monoisotopic (exact) mass is 716 g/mol. The maximum Gasteiger partial charge on any atom is 0.307 e. The van der Waals surface area contributed by atoms with Gasteiger partial charge in [-0.25, -0.2) is 0 Å². The molecule has 0 aromatic heterocycles. The van der Waals surface area contributed by atoms with Crippen molar-refractivity contribution in [3.63, 3.8) is 0 Å². The Labute approximate surface area is 282 Å². The highest BCUT2D eigenvalue weighted by atomic mass is 79.9. The normalized spacial score (nSPS) is 11.6. The molecule has 0 saturated heterocycles. The van der Waals surface area contributed by atoms with E-state index in [4.69, 9.17) is 4.74 Å². The van der Waals surface area contributed by atoms with Gasteiger partial charge in [0.2, 0.25) is 5.91 Å². The molecule has 15 heteroatoms. The van der Waals surface area contributed by atoms with E-state index in [-0.39, 0.29) is 52.9 Å². The molecule has 0 aliphatic carbocycles. The molecule has 0 spiro atoms. The molecule has 4 aromatic carbocycles. The van der Waals surface area contributed by atoms with Crippen LogP contribution >= 0.6 is 15.9 Å². The third-order valence-corrected chi connectivity index (χ3v) is 7.59. The van der Waals surface area contributed by atoms with Crippen LogP contribution in [0.1, 0.15) is 42.2 Å². The van der Waals surface area contributed by atoms with Crippen molar-refractivity contribution in [2.75, 3.05) is 18.5 Å². The van der Waals surface area contributed by atoms with E-state index in [1.54, 1.807) is 30.3 Å². The highest BCUT2D eigenvalue weighted by molar-refractivity contribution is 9.10. The minimum atomic E-state index is -0.810. The van der Waals surface area contributed by atoms with Gasteiger partial charge < -0.3 is 15.4 Å². The summed E-state index contributed by atoms with van der Waals surface area (Å²) in [6.45, 7) is 2.98. The second-order valence-corrected chi connectivity index (χ2v) is 11.3. The van der Waals surface area contributed by atoms with E-state index in [2.05, 4.69) is 36.8 Å². The zero-order chi connectivity index (χ0) is 34.8. The first kappa shape index (κ1) is 35.2. The van der Waals surface area contributed by atoms with E-state index in [9.17, 15) is 34.6 Å². The molecular formula is C33H29BrN6O8. The summed E-state index contributed by atoms with van der Waals surface area (Å²) < 4.78 is 5.16. The maximum atomic E-state index is 12.5. The van der Waals surface area contributed by atoms with Gasteiger partial charge >= 0.3 is 11.7 Å². The van der Waals surface area contributed by atoms with Gasteiger partial charge in [-0.1, -0.05) is 60.7 Å². The molecule has 0 saturated carbocycles. The van der Waals surface area contributed by atoms with Crippen LogP contribution in [0.2, 0.25) is 0 Å². The van der Waals surface area contributed by atoms with Crippen LogP contribution in [-0.4, -0.2) is 40.7 Å². The molecule has 0 bridgehead atoms. The number of halogens is 1. The summed E-state index contributed by atoms with van der Waals surface area (Å²) in [6.07, 6.45) is -0.00168. The fourth-order valence-electron chi connectivity index (χ4n) is 4.51. The molecule has 0 radical (unpaired) electrons. The summed E-state index contributed by atoms with van der Waals surface area (Å²) in [5, 5.41) is 36.5. The lowest BCUT2D eigenvalue weighted by atomic mass is 10.0. The topological polar surface area (TPSA) is 196 Å². The van der Waals surface area contributed by atoms with Gasteiger partial charge in [-0.05, 0) is 51.7 Å². The van der Waals surface area contributed by atoms with Gasteiger partial charge in [0.1, 0.15) is 5.69 Å². The lowest BCUT2D eigenvalue weighted by molar-refractivity contribution is -0.393. The molecule has 0 fully saturated rings. The number of Topliss-reactive ketones (excluding diaryl/α,β-unsaturated/α-hetero) is 1. The number of carbonyl (C=O) groups is 3. The molecule has 0 aliphatic heterocycles. The van der Waals surface area contributed by atoms with Crippen molar-refractivity contribution < 1.29 is 29.0 Å². The number of nitro benzene ring substituents is 2. The molecule has 14 nitrogen and oxygen atoms in total. The van der Waals surface area contributed by atoms with E-state index in [1.165, 1.54) is 6.92 Å². The fourth-order valence-corrected chi connectivity index (χ4v) is 5.02. The van der Waals surface area contributed by atoms with E-state index in [1.807, 2.05) is 49.4 Å². The summed E-state index contributed by atoms with van der Waals surface area (Å²) in [6, 6.07) is 23.2. The Morgan fingerprint density at radius 1 is 0.896 bits per heavy atom. The number of rotatable bonds is 14. The standard InChI is InChI=1S/C33H29BrN6O8/c1-20(35-15-14-32(43)48-19-31(42)24-10-8-23(9-11-24)22-6-4-3-5-7-22)25-12-13-28(29(16-25)36-21(2)41)37-38-33-27(34)17-26(39(44)45)18-30(33)40(46)47/h3-13,16-18,20,35H,14-15,19H2,1-2H3,(H,36,41). The minimum absolute atomic E-state index is 0.00168. The van der Waals surface area contributed by atoms with Crippen LogP contribution in [0.5, 0.6) is 0 Å². The van der Waals surface area contributed by atoms with Crippen molar-refractivity contribution >= 4 is 62.0 Å². The molecule has 1 unspecified atom stereocenters. The van der Waals surface area contributed by atoms with Crippen molar-refractivity contribution in [3.05, 3.63) is 121 Å². The lowest BCUT2D eigenvalue weighted by Gasteiger charge is -2.16. The number of hydrogen-bond acceptors (Lipinski definition) is 11. The molecule has 4 rings (SSSR count). The smallest absolute Gasteiger partial charge is 0.307 e. The van der Waals surface area contributed by atoms with Gasteiger partial charge in [-0.3, -0.25) is 34.6 Å². The first-order chi connectivity index (χ1) is 22.9. The van der Waals surface area contributed by atoms with Crippen LogP contribution in [0.15, 0.2) is 99.6 Å². The quantitative estimate of drug-likeness (QED) is 0.0430. The minimum Gasteiger partial charge on any atom is -0.457 e. The van der Waals surface area contributed by atoms with Crippen LogP contribution in [0.4, 0.5) is 28.4 Å². The lowest BCUT2D eigenvalue weighted by Crippen LogP contribution is -2.24. The number of hydrogen-bond donors (Lipinski definition) is 2. The Morgan fingerprint density at radius 2 is 1.58 bits per heavy atom. The van der Waals surface area contributed by atoms with Crippen LogP contribution in [-0.2, 0) is 14.3 Å². The Kier molecular flexibility index (Phi) is 11.9. The summed E-state index contributed by atoms with van der Waals surface area (Å²) in [4.78, 5) is 57.9. The van der Waals surface area contributed by atoms with Crippen molar-refractivity contribution in [2.24, 2.45) is 10.2 Å². The number of carbonyl (C=O) groups excluding carboxylic acids is 3. The third-order valence-electron chi connectivity index (χ3n) is 6.98. The number of ether oxygens (including phenoxy) is 1. The zero-order valence-electron chi connectivity index (χ0n) is 25.7. The van der Waals surface area contributed by atoms with E-state index < -0.39 is 33.1 Å². The van der Waals surface area contributed by atoms with Crippen molar-refractivity contribution in [2.45, 2.75) is 26.3 Å². The zero-order valence-corrected chi connectivity index (χ0v) is 27.3. The number of nitrogens with zero attached hydrogens (tertiary/aromatic N) is 4. The van der Waals surface area contributed by atoms with Gasteiger partial charge in [-0.15, -0.1) is 10.2 Å². The molecule has 48 heavy (non-hydrogen) atoms. The number of benzene rings is 4. The van der Waals surface area contributed by atoms with Gasteiger partial charge in [0.25, 0.3) is 5.69 Å². The predicted octanol–water partition coefficient (Wildman–Crippen LogP) is 7.77. The van der Waals surface area contributed by atoms with Crippen LogP contribution < -0.4 is 10.6 Å². The van der Waals surface area contributed by atoms with Crippen molar-refractivity contribution in [1.29, 1.82) is 0 Å². The fraction of sp³-hybridized carbons (Fsp3) is 0.182. The molecule has 1 atom stereocenters. The van der Waals surface area contributed by atoms with Crippen LogP contribution in [0.3, 0.4) is 0 Å². The van der Waals surface area contributed by atoms with Crippen LogP contribution in [0, 0.1) is 20.2 Å². The highest BCUT2D eigenvalue weighted by Gasteiger charge is 2.24. The number of non-ortho nitro benzene ring substituents is 1. The predicted molar refractivity (Wildman–Crippen MR) is 181 cm³/mol. The number of ketones is 1. The summed E-state index contributed by atoms with van der Waals surface area (Å²) in [7, 11) is 0. The summed E-state index contributed by atoms with van der Waals surface area (Å²) in [5.41, 5.74) is 2.20. The average molecular weight is 718 g/mol. The van der Waals surface area contributed by atoms with Gasteiger partial charge in [0, 0.05) is 31.1 Å². The number of esters is 1. The number of amides is 1. The molecule has 2 N–H and O–H groups in total. The molecular weight excluding hydrogens is 688 g/mol. The number of nitrogens with one attached hydrogen (secondary N) is 2. The summed E-state index contributed by atoms with van der Waals surface area (Å²) in [5.74, 6) is -1.27. The largest absolute Gasteiger partial charge is 0.457 e. The van der Waals surface area contributed by atoms with Gasteiger partial charge in [0.15, 0.2) is 18.1 Å². The van der Waals surface area contributed by atoms with E-state index >= 15 is 0 Å². The molecule has 4 aromatic rings. The molecule has 1 amide bonds. The molecule has 246 valence electrons. The number of azo groups is 1. The SMILES string of the molecule is CC(=O)Nc1cc(C(C)NCCC(=O)OCC(=O)c2ccc(-c3ccccc3)cc2)ccc1N=Nc1c(Br)cc([N+](=O)[O-])cc1[N+](=O)[O-]. The maximum absolute atomic E-state index is 12.5. The number of nitro groups is 2. The van der Waals surface area contributed by atoms with Gasteiger partial charge in [0.05, 0.1) is 32.5 Å². The molecule has 0 aliphatic rings. The van der Waals surface area contributed by atoms with Crippen LogP contribution in [0.25, 0.3) is 11.1 Å². The first-order valence-electron chi connectivity index (χ1n) is 14.5. The highest BCUT2D eigenvalue weighted by Crippen LogP contribution is 2.40. The molecule has 0 heterocycles.